The van der Waals surface area contributed by atoms with Crippen LogP contribution in [0.1, 0.15) is 24.3 Å². The van der Waals surface area contributed by atoms with Crippen molar-refractivity contribution in [3.8, 4) is 5.75 Å². The van der Waals surface area contributed by atoms with Crippen molar-refractivity contribution >= 4 is 5.91 Å². The lowest BCUT2D eigenvalue weighted by molar-refractivity contribution is -0.120. The number of amides is 1. The Morgan fingerprint density at radius 1 is 1.29 bits per heavy atom. The second-order valence-corrected chi connectivity index (χ2v) is 5.33. The quantitative estimate of drug-likeness (QED) is 0.709. The summed E-state index contributed by atoms with van der Waals surface area (Å²) in [6.45, 7) is 1.48. The van der Waals surface area contributed by atoms with Crippen molar-refractivity contribution in [3.63, 3.8) is 0 Å². The van der Waals surface area contributed by atoms with Crippen LogP contribution in [0, 0.1) is 0 Å². The summed E-state index contributed by atoms with van der Waals surface area (Å²) in [5.74, 6) is 1.50. The highest BCUT2D eigenvalue weighted by Crippen LogP contribution is 2.40. The fourth-order valence-corrected chi connectivity index (χ4v) is 2.63. The van der Waals surface area contributed by atoms with Crippen molar-refractivity contribution in [2.24, 2.45) is 0 Å². The minimum absolute atomic E-state index is 0.0211. The van der Waals surface area contributed by atoms with Crippen LogP contribution in [0.5, 0.6) is 5.75 Å². The van der Waals surface area contributed by atoms with Gasteiger partial charge in [0.05, 0.1) is 20.3 Å². The van der Waals surface area contributed by atoms with E-state index in [2.05, 4.69) is 16.7 Å². The first-order valence-corrected chi connectivity index (χ1v) is 7.36. The SMILES string of the molecule is COCCNC(=O)CNC1CC(c2ccccc2OC)C1. The van der Waals surface area contributed by atoms with Gasteiger partial charge in [-0.1, -0.05) is 18.2 Å². The van der Waals surface area contributed by atoms with Gasteiger partial charge >= 0.3 is 0 Å². The molecular weight excluding hydrogens is 268 g/mol. The van der Waals surface area contributed by atoms with E-state index in [1.807, 2.05) is 18.2 Å². The van der Waals surface area contributed by atoms with Crippen molar-refractivity contribution in [1.82, 2.24) is 10.6 Å². The van der Waals surface area contributed by atoms with Gasteiger partial charge in [-0.05, 0) is 30.4 Å². The van der Waals surface area contributed by atoms with E-state index < -0.39 is 0 Å². The molecule has 5 nitrogen and oxygen atoms in total. The lowest BCUT2D eigenvalue weighted by Gasteiger charge is -2.36. The Kier molecular flexibility index (Phi) is 6.02. The molecule has 2 rings (SSSR count). The average molecular weight is 292 g/mol. The molecule has 2 N–H and O–H groups in total. The van der Waals surface area contributed by atoms with E-state index in [1.54, 1.807) is 14.2 Å². The Balaban J connectivity index is 1.68. The van der Waals surface area contributed by atoms with Gasteiger partial charge in [0.1, 0.15) is 5.75 Å². The molecule has 0 aliphatic heterocycles. The Morgan fingerprint density at radius 3 is 2.76 bits per heavy atom. The third-order valence-corrected chi connectivity index (χ3v) is 3.90. The monoisotopic (exact) mass is 292 g/mol. The lowest BCUT2D eigenvalue weighted by Crippen LogP contribution is -2.45. The van der Waals surface area contributed by atoms with Crippen molar-refractivity contribution in [1.29, 1.82) is 0 Å². The summed E-state index contributed by atoms with van der Waals surface area (Å²) in [6.07, 6.45) is 2.09. The first-order valence-electron chi connectivity index (χ1n) is 7.36. The number of methoxy groups -OCH3 is 2. The van der Waals surface area contributed by atoms with Gasteiger partial charge in [-0.2, -0.15) is 0 Å². The van der Waals surface area contributed by atoms with Crippen LogP contribution in [0.25, 0.3) is 0 Å². The predicted molar refractivity (Wildman–Crippen MR) is 81.6 cm³/mol. The fraction of sp³-hybridized carbons (Fsp3) is 0.562. The van der Waals surface area contributed by atoms with Crippen molar-refractivity contribution in [2.45, 2.75) is 24.8 Å². The van der Waals surface area contributed by atoms with Crippen LogP contribution in [-0.2, 0) is 9.53 Å². The second kappa shape index (κ2) is 8.00. The van der Waals surface area contributed by atoms with Crippen LogP contribution in [0.15, 0.2) is 24.3 Å². The molecule has 1 fully saturated rings. The number of benzene rings is 1. The van der Waals surface area contributed by atoms with Gasteiger partial charge in [0.2, 0.25) is 5.91 Å². The zero-order valence-electron chi connectivity index (χ0n) is 12.7. The highest BCUT2D eigenvalue weighted by molar-refractivity contribution is 5.78. The number of rotatable bonds is 8. The van der Waals surface area contributed by atoms with Gasteiger partial charge in [-0.15, -0.1) is 0 Å². The summed E-state index contributed by atoms with van der Waals surface area (Å²) in [4.78, 5) is 11.6. The minimum Gasteiger partial charge on any atom is -0.496 e. The molecule has 0 bridgehead atoms. The summed E-state index contributed by atoms with van der Waals surface area (Å²) in [6, 6.07) is 8.56. The summed E-state index contributed by atoms with van der Waals surface area (Å²) in [7, 11) is 3.33. The van der Waals surface area contributed by atoms with Crippen molar-refractivity contribution in [2.75, 3.05) is 33.9 Å². The standard InChI is InChI=1S/C16H24N2O3/c1-20-8-7-17-16(19)11-18-13-9-12(10-13)14-5-3-4-6-15(14)21-2/h3-6,12-13,18H,7-11H2,1-2H3,(H,17,19). The molecule has 0 atom stereocenters. The molecule has 1 aliphatic carbocycles. The number of nitrogens with one attached hydrogen (secondary N) is 2. The normalized spacial score (nSPS) is 20.7. The molecule has 1 amide bonds. The van der Waals surface area contributed by atoms with E-state index >= 15 is 0 Å². The van der Waals surface area contributed by atoms with Crippen molar-refractivity contribution < 1.29 is 14.3 Å². The maximum absolute atomic E-state index is 11.6. The highest BCUT2D eigenvalue weighted by Gasteiger charge is 2.31. The van der Waals surface area contributed by atoms with E-state index in [-0.39, 0.29) is 5.91 Å². The number of hydrogen-bond acceptors (Lipinski definition) is 4. The van der Waals surface area contributed by atoms with Crippen LogP contribution in [-0.4, -0.2) is 45.9 Å². The third-order valence-electron chi connectivity index (χ3n) is 3.90. The van der Waals surface area contributed by atoms with E-state index in [1.165, 1.54) is 5.56 Å². The van der Waals surface area contributed by atoms with Gasteiger partial charge in [-0.3, -0.25) is 4.79 Å². The number of ether oxygens (including phenoxy) is 2. The van der Waals surface area contributed by atoms with Gasteiger partial charge < -0.3 is 20.1 Å². The maximum atomic E-state index is 11.6. The van der Waals surface area contributed by atoms with Crippen LogP contribution in [0.2, 0.25) is 0 Å². The van der Waals surface area contributed by atoms with E-state index in [0.29, 0.717) is 31.7 Å². The molecule has 1 aromatic carbocycles. The van der Waals surface area contributed by atoms with Crippen LogP contribution in [0.3, 0.4) is 0 Å². The molecular formula is C16H24N2O3. The first kappa shape index (κ1) is 15.8. The molecule has 1 aromatic rings. The zero-order valence-corrected chi connectivity index (χ0v) is 12.7. The fourth-order valence-electron chi connectivity index (χ4n) is 2.63. The number of carbonyl (C=O) groups is 1. The average Bonchev–Trinajstić information content (AvgIpc) is 2.46. The largest absolute Gasteiger partial charge is 0.496 e. The molecule has 21 heavy (non-hydrogen) atoms. The first-order chi connectivity index (χ1) is 10.2. The molecule has 116 valence electrons. The smallest absolute Gasteiger partial charge is 0.234 e. The summed E-state index contributed by atoms with van der Waals surface area (Å²) in [5.41, 5.74) is 1.27. The van der Waals surface area contributed by atoms with E-state index in [9.17, 15) is 4.79 Å². The number of carbonyl (C=O) groups excluding carboxylic acids is 1. The number of para-hydroxylation sites is 1. The molecule has 0 unspecified atom stereocenters. The molecule has 5 heteroatoms. The van der Waals surface area contributed by atoms with Crippen LogP contribution >= 0.6 is 0 Å². The van der Waals surface area contributed by atoms with Crippen molar-refractivity contribution in [3.05, 3.63) is 29.8 Å². The molecule has 0 aromatic heterocycles. The summed E-state index contributed by atoms with van der Waals surface area (Å²) >= 11 is 0. The zero-order chi connectivity index (χ0) is 15.1. The molecule has 1 saturated carbocycles. The molecule has 0 radical (unpaired) electrons. The lowest BCUT2D eigenvalue weighted by atomic mass is 9.75. The molecule has 0 heterocycles. The van der Waals surface area contributed by atoms with E-state index in [0.717, 1.165) is 18.6 Å². The predicted octanol–water partition coefficient (Wildman–Crippen LogP) is 1.29. The molecule has 0 spiro atoms. The highest BCUT2D eigenvalue weighted by atomic mass is 16.5. The second-order valence-electron chi connectivity index (χ2n) is 5.33. The third kappa shape index (κ3) is 4.44. The minimum atomic E-state index is 0.0211. The van der Waals surface area contributed by atoms with Crippen LogP contribution in [0.4, 0.5) is 0 Å². The molecule has 0 saturated heterocycles. The van der Waals surface area contributed by atoms with Gasteiger partial charge in [0.15, 0.2) is 0 Å². The van der Waals surface area contributed by atoms with Gasteiger partial charge in [0.25, 0.3) is 0 Å². The van der Waals surface area contributed by atoms with Crippen LogP contribution < -0.4 is 15.4 Å². The molecule has 1 aliphatic rings. The Labute approximate surface area is 126 Å². The maximum Gasteiger partial charge on any atom is 0.234 e. The van der Waals surface area contributed by atoms with Gasteiger partial charge in [0, 0.05) is 19.7 Å². The van der Waals surface area contributed by atoms with Gasteiger partial charge in [-0.25, -0.2) is 0 Å². The summed E-state index contributed by atoms with van der Waals surface area (Å²) in [5, 5.41) is 6.09. The topological polar surface area (TPSA) is 59.6 Å². The number of hydrogen-bond donors (Lipinski definition) is 2. The summed E-state index contributed by atoms with van der Waals surface area (Å²) < 4.78 is 10.3. The Hall–Kier alpha value is -1.59. The Bertz CT molecular complexity index is 459. The Morgan fingerprint density at radius 2 is 2.05 bits per heavy atom. The van der Waals surface area contributed by atoms with E-state index in [4.69, 9.17) is 9.47 Å².